The lowest BCUT2D eigenvalue weighted by Gasteiger charge is -2.35. The molecule has 12 nitrogen and oxygen atoms in total. The van der Waals surface area contributed by atoms with E-state index in [0.29, 0.717) is 72.5 Å². The van der Waals surface area contributed by atoms with Crippen molar-refractivity contribution in [2.45, 2.75) is 31.0 Å². The van der Waals surface area contributed by atoms with Crippen LogP contribution in [0.1, 0.15) is 29.2 Å². The highest BCUT2D eigenvalue weighted by Crippen LogP contribution is 2.53. The maximum absolute atomic E-state index is 13.3. The fourth-order valence-electron chi connectivity index (χ4n) is 5.59. The lowest BCUT2D eigenvalue weighted by atomic mass is 9.89. The van der Waals surface area contributed by atoms with Gasteiger partial charge in [-0.15, -0.1) is 0 Å². The monoisotopic (exact) mass is 493 g/mol. The SMILES string of the molecule is CO[C@@H]1CC[C@H]1NC(=O)c1cnn2c3c(c(Nc4cccn([C@H]5[C@@H]6COC[C@@H]65)c4=O)nc12)OCCN3. The number of rotatable bonds is 6. The van der Waals surface area contributed by atoms with Gasteiger partial charge < -0.3 is 34.7 Å². The van der Waals surface area contributed by atoms with Gasteiger partial charge in [-0.3, -0.25) is 9.59 Å². The molecule has 36 heavy (non-hydrogen) atoms. The number of anilines is 3. The fraction of sp³-hybridized carbons (Fsp3) is 0.500. The zero-order valence-corrected chi connectivity index (χ0v) is 19.8. The van der Waals surface area contributed by atoms with E-state index in [1.165, 1.54) is 6.20 Å². The van der Waals surface area contributed by atoms with Gasteiger partial charge in [0.05, 0.1) is 38.1 Å². The van der Waals surface area contributed by atoms with Crippen molar-refractivity contribution in [2.75, 3.05) is 44.1 Å². The Morgan fingerprint density at radius 1 is 1.28 bits per heavy atom. The van der Waals surface area contributed by atoms with E-state index in [4.69, 9.17) is 19.2 Å². The second kappa shape index (κ2) is 8.20. The van der Waals surface area contributed by atoms with E-state index in [-0.39, 0.29) is 29.7 Å². The second-order valence-corrected chi connectivity index (χ2v) is 9.75. The van der Waals surface area contributed by atoms with Crippen molar-refractivity contribution in [1.82, 2.24) is 24.5 Å². The highest BCUT2D eigenvalue weighted by Gasteiger charge is 2.55. The van der Waals surface area contributed by atoms with Crippen LogP contribution >= 0.6 is 0 Å². The molecule has 7 rings (SSSR count). The van der Waals surface area contributed by atoms with Crippen LogP contribution in [0.5, 0.6) is 5.75 Å². The summed E-state index contributed by atoms with van der Waals surface area (Å²) in [7, 11) is 1.65. The molecule has 3 aromatic rings. The number of pyridine rings is 1. The fourth-order valence-corrected chi connectivity index (χ4v) is 5.59. The van der Waals surface area contributed by atoms with Crippen molar-refractivity contribution in [3.8, 4) is 5.75 Å². The standard InChI is InChI=1S/C24H27N7O5/c1-34-17-5-4-15(17)28-23(32)12-9-26-31-21(12)29-20(19-22(31)25-6-8-36-19)27-16-3-2-7-30(24(16)33)18-13-10-35-11-14(13)18/h2-3,7,9,13-15,17-18,25H,4-6,8,10-11H2,1H3,(H,27,29)(H,28,32)/t13-,14+,15-,17-,18+/m1/s1. The number of fused-ring (bicyclic) bond motifs is 4. The minimum Gasteiger partial charge on any atom is -0.485 e. The molecule has 5 atom stereocenters. The van der Waals surface area contributed by atoms with Crippen LogP contribution in [0.4, 0.5) is 17.3 Å². The molecule has 3 aromatic heterocycles. The number of nitrogens with zero attached hydrogens (tertiary/aromatic N) is 4. The van der Waals surface area contributed by atoms with E-state index in [1.54, 1.807) is 22.3 Å². The second-order valence-electron chi connectivity index (χ2n) is 9.75. The zero-order valence-electron chi connectivity index (χ0n) is 19.8. The average molecular weight is 494 g/mol. The summed E-state index contributed by atoms with van der Waals surface area (Å²) in [4.78, 5) is 31.2. The molecule has 0 aromatic carbocycles. The smallest absolute Gasteiger partial charge is 0.274 e. The summed E-state index contributed by atoms with van der Waals surface area (Å²) in [6.45, 7) is 2.41. The normalized spacial score (nSPS) is 27.9. The summed E-state index contributed by atoms with van der Waals surface area (Å²) in [5.74, 6) is 1.91. The van der Waals surface area contributed by atoms with Crippen molar-refractivity contribution in [3.05, 3.63) is 40.4 Å². The van der Waals surface area contributed by atoms with Gasteiger partial charge in [0.25, 0.3) is 11.5 Å². The number of ether oxygens (including phenoxy) is 3. The first-order valence-corrected chi connectivity index (χ1v) is 12.3. The Kier molecular flexibility index (Phi) is 4.93. The molecule has 1 amide bonds. The molecule has 3 N–H and O–H groups in total. The van der Waals surface area contributed by atoms with Crippen LogP contribution in [-0.4, -0.2) is 70.7 Å². The van der Waals surface area contributed by atoms with E-state index in [0.717, 1.165) is 12.8 Å². The predicted octanol–water partition coefficient (Wildman–Crippen LogP) is 1.16. The first-order valence-electron chi connectivity index (χ1n) is 12.3. The number of hydrogen-bond donors (Lipinski definition) is 3. The van der Waals surface area contributed by atoms with Crippen molar-refractivity contribution in [3.63, 3.8) is 0 Å². The predicted molar refractivity (Wildman–Crippen MR) is 129 cm³/mol. The van der Waals surface area contributed by atoms with Gasteiger partial charge in [0.1, 0.15) is 17.9 Å². The molecule has 1 saturated heterocycles. The first-order chi connectivity index (χ1) is 17.6. The third-order valence-corrected chi connectivity index (χ3v) is 7.77. The Hall–Kier alpha value is -3.64. The lowest BCUT2D eigenvalue weighted by molar-refractivity contribution is 0.00732. The van der Waals surface area contributed by atoms with Crippen LogP contribution in [0.2, 0.25) is 0 Å². The summed E-state index contributed by atoms with van der Waals surface area (Å²) < 4.78 is 20.2. The Morgan fingerprint density at radius 3 is 2.92 bits per heavy atom. The molecule has 2 aliphatic carbocycles. The molecule has 0 spiro atoms. The Bertz CT molecular complexity index is 1410. The molecular weight excluding hydrogens is 466 g/mol. The molecule has 12 heteroatoms. The van der Waals surface area contributed by atoms with Crippen molar-refractivity contribution >= 4 is 28.9 Å². The topological polar surface area (TPSA) is 133 Å². The summed E-state index contributed by atoms with van der Waals surface area (Å²) in [5, 5.41) is 13.9. The number of methoxy groups -OCH3 is 1. The highest BCUT2D eigenvalue weighted by molar-refractivity contribution is 6.00. The Morgan fingerprint density at radius 2 is 2.14 bits per heavy atom. The minimum absolute atomic E-state index is 0.0154. The molecule has 3 fully saturated rings. The van der Waals surface area contributed by atoms with Crippen LogP contribution in [0.25, 0.3) is 5.65 Å². The average Bonchev–Trinajstić information content (AvgIpc) is 3.20. The summed E-state index contributed by atoms with van der Waals surface area (Å²) in [6, 6.07) is 3.71. The van der Waals surface area contributed by atoms with Crippen LogP contribution in [0, 0.1) is 11.8 Å². The maximum Gasteiger partial charge on any atom is 0.274 e. The molecule has 0 bridgehead atoms. The number of aromatic nitrogens is 4. The number of amides is 1. The van der Waals surface area contributed by atoms with Gasteiger partial charge in [-0.2, -0.15) is 9.61 Å². The van der Waals surface area contributed by atoms with E-state index in [1.807, 2.05) is 12.3 Å². The number of carbonyl (C=O) groups excluding carboxylic acids is 1. The van der Waals surface area contributed by atoms with Gasteiger partial charge in [-0.05, 0) is 25.0 Å². The number of hydrogen-bond acceptors (Lipinski definition) is 9. The molecule has 0 unspecified atom stereocenters. The molecular formula is C24H27N7O5. The van der Waals surface area contributed by atoms with Crippen LogP contribution in [-0.2, 0) is 9.47 Å². The highest BCUT2D eigenvalue weighted by atomic mass is 16.5. The summed E-state index contributed by atoms with van der Waals surface area (Å²) in [6.07, 6.45) is 5.13. The Balaban J connectivity index is 1.24. The van der Waals surface area contributed by atoms with E-state index < -0.39 is 0 Å². The molecule has 188 valence electrons. The van der Waals surface area contributed by atoms with E-state index in [9.17, 15) is 9.59 Å². The van der Waals surface area contributed by atoms with Crippen molar-refractivity contribution < 1.29 is 19.0 Å². The first kappa shape index (κ1) is 21.6. The minimum atomic E-state index is -0.267. The van der Waals surface area contributed by atoms with Gasteiger partial charge in [0.15, 0.2) is 17.3 Å². The van der Waals surface area contributed by atoms with Gasteiger partial charge >= 0.3 is 0 Å². The Labute approximate surface area is 205 Å². The molecule has 0 radical (unpaired) electrons. The number of carbonyl (C=O) groups is 1. The van der Waals surface area contributed by atoms with Crippen LogP contribution in [0.15, 0.2) is 29.3 Å². The molecule has 2 aliphatic heterocycles. The van der Waals surface area contributed by atoms with Crippen LogP contribution in [0.3, 0.4) is 0 Å². The summed E-state index contributed by atoms with van der Waals surface area (Å²) in [5.41, 5.74) is 0.967. The third-order valence-electron chi connectivity index (χ3n) is 7.77. The third kappa shape index (κ3) is 3.28. The lowest BCUT2D eigenvalue weighted by Crippen LogP contribution is -2.51. The van der Waals surface area contributed by atoms with Gasteiger partial charge in [-0.25, -0.2) is 4.98 Å². The summed E-state index contributed by atoms with van der Waals surface area (Å²) >= 11 is 0. The zero-order chi connectivity index (χ0) is 24.4. The molecule has 4 aliphatic rings. The molecule has 2 saturated carbocycles. The van der Waals surface area contributed by atoms with Crippen LogP contribution < -0.4 is 26.2 Å². The van der Waals surface area contributed by atoms with Crippen molar-refractivity contribution in [2.24, 2.45) is 11.8 Å². The van der Waals surface area contributed by atoms with E-state index >= 15 is 0 Å². The van der Waals surface area contributed by atoms with Gasteiger partial charge in [0, 0.05) is 31.2 Å². The largest absolute Gasteiger partial charge is 0.485 e. The van der Waals surface area contributed by atoms with Crippen molar-refractivity contribution in [1.29, 1.82) is 0 Å². The number of nitrogens with one attached hydrogen (secondary N) is 3. The maximum atomic E-state index is 13.3. The van der Waals surface area contributed by atoms with Gasteiger partial charge in [0.2, 0.25) is 5.75 Å². The van der Waals surface area contributed by atoms with Gasteiger partial charge in [-0.1, -0.05) is 0 Å². The van der Waals surface area contributed by atoms with E-state index in [2.05, 4.69) is 21.0 Å². The molecule has 5 heterocycles. The quantitative estimate of drug-likeness (QED) is 0.463.